The molecule has 1 saturated heterocycles. The van der Waals surface area contributed by atoms with Gasteiger partial charge >= 0.3 is 11.8 Å². The van der Waals surface area contributed by atoms with E-state index < -0.39 is 11.8 Å². The molecule has 0 unspecified atom stereocenters. The number of nitrogens with zero attached hydrogens (tertiary/aromatic N) is 1. The van der Waals surface area contributed by atoms with Crippen LogP contribution in [-0.2, 0) is 14.4 Å². The number of hydrazine groups is 1. The second kappa shape index (κ2) is 6.85. The van der Waals surface area contributed by atoms with E-state index in [4.69, 9.17) is 5.84 Å². The first-order valence-electron chi connectivity index (χ1n) is 5.71. The van der Waals surface area contributed by atoms with Crippen LogP contribution in [0.1, 0.15) is 25.7 Å². The number of carbonyl (C=O) groups excluding carboxylic acids is 3. The van der Waals surface area contributed by atoms with E-state index in [1.54, 1.807) is 10.3 Å². The van der Waals surface area contributed by atoms with E-state index in [2.05, 4.69) is 5.32 Å². The van der Waals surface area contributed by atoms with Gasteiger partial charge in [-0.15, -0.1) is 0 Å². The zero-order chi connectivity index (χ0) is 12.7. The molecule has 7 nitrogen and oxygen atoms in total. The van der Waals surface area contributed by atoms with E-state index in [0.717, 1.165) is 32.4 Å². The van der Waals surface area contributed by atoms with Crippen LogP contribution in [0.5, 0.6) is 0 Å². The van der Waals surface area contributed by atoms with E-state index in [1.165, 1.54) is 0 Å². The molecule has 0 aromatic heterocycles. The van der Waals surface area contributed by atoms with Gasteiger partial charge in [0.2, 0.25) is 5.91 Å². The normalized spacial score (nSPS) is 15.2. The Morgan fingerprint density at radius 2 is 1.71 bits per heavy atom. The highest BCUT2D eigenvalue weighted by molar-refractivity contribution is 6.34. The zero-order valence-electron chi connectivity index (χ0n) is 9.70. The van der Waals surface area contributed by atoms with Gasteiger partial charge in [-0.1, -0.05) is 0 Å². The van der Waals surface area contributed by atoms with Crippen LogP contribution in [0.2, 0.25) is 0 Å². The molecule has 0 aliphatic carbocycles. The third kappa shape index (κ3) is 4.39. The number of nitrogens with two attached hydrogens (primary N) is 1. The van der Waals surface area contributed by atoms with Crippen molar-refractivity contribution in [2.75, 3.05) is 19.6 Å². The Hall–Kier alpha value is -1.63. The van der Waals surface area contributed by atoms with Crippen molar-refractivity contribution < 1.29 is 14.4 Å². The van der Waals surface area contributed by atoms with Gasteiger partial charge in [-0.25, -0.2) is 5.84 Å². The van der Waals surface area contributed by atoms with Crippen molar-refractivity contribution in [3.63, 3.8) is 0 Å². The summed E-state index contributed by atoms with van der Waals surface area (Å²) in [6.45, 7) is 1.73. The maximum Gasteiger partial charge on any atom is 0.323 e. The molecule has 0 radical (unpaired) electrons. The van der Waals surface area contributed by atoms with E-state index in [1.807, 2.05) is 0 Å². The van der Waals surface area contributed by atoms with Gasteiger partial charge in [0, 0.05) is 26.1 Å². The van der Waals surface area contributed by atoms with E-state index in [9.17, 15) is 14.4 Å². The standard InChI is InChI=1S/C10H18N4O3/c11-13-10(17)9(16)12-5-4-8(15)14-6-2-1-3-7-14/h1-7,11H2,(H,12,16)(H,13,17). The van der Waals surface area contributed by atoms with Crippen LogP contribution in [0.4, 0.5) is 0 Å². The van der Waals surface area contributed by atoms with Gasteiger partial charge in [0.1, 0.15) is 0 Å². The summed E-state index contributed by atoms with van der Waals surface area (Å²) in [5, 5.41) is 2.32. The van der Waals surface area contributed by atoms with Crippen LogP contribution >= 0.6 is 0 Å². The predicted molar refractivity (Wildman–Crippen MR) is 60.4 cm³/mol. The zero-order valence-corrected chi connectivity index (χ0v) is 9.70. The van der Waals surface area contributed by atoms with Gasteiger partial charge in [0.25, 0.3) is 0 Å². The Kier molecular flexibility index (Phi) is 5.41. The molecule has 3 amide bonds. The minimum Gasteiger partial charge on any atom is -0.347 e. The highest BCUT2D eigenvalue weighted by Crippen LogP contribution is 2.09. The van der Waals surface area contributed by atoms with E-state index >= 15 is 0 Å². The van der Waals surface area contributed by atoms with Crippen molar-refractivity contribution in [3.05, 3.63) is 0 Å². The number of amides is 3. The number of piperidine rings is 1. The molecular formula is C10H18N4O3. The summed E-state index contributed by atoms with van der Waals surface area (Å²) in [6.07, 6.45) is 3.45. The fourth-order valence-electron chi connectivity index (χ4n) is 1.73. The van der Waals surface area contributed by atoms with Crippen molar-refractivity contribution in [2.45, 2.75) is 25.7 Å². The molecule has 0 spiro atoms. The fourth-order valence-corrected chi connectivity index (χ4v) is 1.73. The van der Waals surface area contributed by atoms with Crippen molar-refractivity contribution in [3.8, 4) is 0 Å². The van der Waals surface area contributed by atoms with Gasteiger partial charge in [-0.3, -0.25) is 19.8 Å². The fraction of sp³-hybridized carbons (Fsp3) is 0.700. The van der Waals surface area contributed by atoms with Crippen LogP contribution in [0, 0.1) is 0 Å². The number of hydrogen-bond acceptors (Lipinski definition) is 4. The summed E-state index contributed by atoms with van der Waals surface area (Å²) in [5.41, 5.74) is 1.72. The smallest absolute Gasteiger partial charge is 0.323 e. The van der Waals surface area contributed by atoms with Crippen molar-refractivity contribution in [1.29, 1.82) is 0 Å². The largest absolute Gasteiger partial charge is 0.347 e. The Balaban J connectivity index is 2.19. The number of likely N-dealkylation sites (tertiary alicyclic amines) is 1. The summed E-state index contributed by atoms with van der Waals surface area (Å²) in [7, 11) is 0. The van der Waals surface area contributed by atoms with Gasteiger partial charge in [0.15, 0.2) is 0 Å². The number of nitrogens with one attached hydrogen (secondary N) is 2. The molecule has 0 aromatic carbocycles. The molecule has 96 valence electrons. The summed E-state index contributed by atoms with van der Waals surface area (Å²) in [4.78, 5) is 35.2. The predicted octanol–water partition coefficient (Wildman–Crippen LogP) is -1.50. The minimum absolute atomic E-state index is 0.0122. The van der Waals surface area contributed by atoms with E-state index in [-0.39, 0.29) is 18.9 Å². The third-order valence-electron chi connectivity index (χ3n) is 2.67. The lowest BCUT2D eigenvalue weighted by atomic mass is 10.1. The lowest BCUT2D eigenvalue weighted by Crippen LogP contribution is -2.44. The average molecular weight is 242 g/mol. The number of carbonyl (C=O) groups is 3. The average Bonchev–Trinajstić information content (AvgIpc) is 2.38. The van der Waals surface area contributed by atoms with Gasteiger partial charge in [-0.2, -0.15) is 0 Å². The second-order valence-corrected chi connectivity index (χ2v) is 3.92. The molecule has 17 heavy (non-hydrogen) atoms. The summed E-state index contributed by atoms with van der Waals surface area (Å²) in [6, 6.07) is 0. The van der Waals surface area contributed by atoms with Crippen molar-refractivity contribution in [1.82, 2.24) is 15.6 Å². The highest BCUT2D eigenvalue weighted by Gasteiger charge is 2.17. The minimum atomic E-state index is -0.907. The molecule has 0 saturated carbocycles. The third-order valence-corrected chi connectivity index (χ3v) is 2.67. The Morgan fingerprint density at radius 3 is 2.29 bits per heavy atom. The topological polar surface area (TPSA) is 105 Å². The van der Waals surface area contributed by atoms with Crippen molar-refractivity contribution in [2.24, 2.45) is 5.84 Å². The SMILES string of the molecule is NNC(=O)C(=O)NCCC(=O)N1CCCCC1. The monoisotopic (exact) mass is 242 g/mol. The van der Waals surface area contributed by atoms with E-state index in [0.29, 0.717) is 0 Å². The first-order chi connectivity index (χ1) is 8.15. The molecule has 1 aliphatic rings. The van der Waals surface area contributed by atoms with Gasteiger partial charge < -0.3 is 10.2 Å². The quantitative estimate of drug-likeness (QED) is 0.242. The maximum atomic E-state index is 11.7. The molecule has 1 fully saturated rings. The Bertz CT molecular complexity index is 300. The van der Waals surface area contributed by atoms with Crippen LogP contribution in [0.15, 0.2) is 0 Å². The van der Waals surface area contributed by atoms with Crippen LogP contribution in [-0.4, -0.2) is 42.3 Å². The Labute approximate surface area is 99.7 Å². The summed E-state index contributed by atoms with van der Waals surface area (Å²) >= 11 is 0. The molecule has 1 aliphatic heterocycles. The summed E-state index contributed by atoms with van der Waals surface area (Å²) in [5.74, 6) is 3.07. The number of rotatable bonds is 3. The first-order valence-corrected chi connectivity index (χ1v) is 5.71. The molecule has 0 bridgehead atoms. The van der Waals surface area contributed by atoms with Gasteiger partial charge in [0.05, 0.1) is 0 Å². The molecular weight excluding hydrogens is 224 g/mol. The molecule has 7 heteroatoms. The Morgan fingerprint density at radius 1 is 1.06 bits per heavy atom. The molecule has 4 N–H and O–H groups in total. The van der Waals surface area contributed by atoms with Crippen molar-refractivity contribution >= 4 is 17.7 Å². The lowest BCUT2D eigenvalue weighted by molar-refractivity contribution is -0.139. The maximum absolute atomic E-state index is 11.7. The first kappa shape index (κ1) is 13.4. The van der Waals surface area contributed by atoms with Crippen LogP contribution in [0.25, 0.3) is 0 Å². The highest BCUT2D eigenvalue weighted by atomic mass is 16.2. The second-order valence-electron chi connectivity index (χ2n) is 3.92. The lowest BCUT2D eigenvalue weighted by Gasteiger charge is -2.26. The van der Waals surface area contributed by atoms with Gasteiger partial charge in [-0.05, 0) is 19.3 Å². The van der Waals surface area contributed by atoms with Crippen LogP contribution in [0.3, 0.4) is 0 Å². The van der Waals surface area contributed by atoms with Crippen LogP contribution < -0.4 is 16.6 Å². The molecule has 1 heterocycles. The number of hydrogen-bond donors (Lipinski definition) is 3. The molecule has 1 rings (SSSR count). The summed E-state index contributed by atoms with van der Waals surface area (Å²) < 4.78 is 0. The molecule has 0 aromatic rings. The molecule has 0 atom stereocenters.